The van der Waals surface area contributed by atoms with Crippen LogP contribution >= 0.6 is 0 Å². The fourth-order valence-electron chi connectivity index (χ4n) is 1.78. The van der Waals surface area contributed by atoms with Gasteiger partial charge in [0.2, 0.25) is 0 Å². The smallest absolute Gasteiger partial charge is 0.407 e. The lowest BCUT2D eigenvalue weighted by atomic mass is 10.1. The molecular weight excluding hydrogens is 271 g/mol. The van der Waals surface area contributed by atoms with Gasteiger partial charge in [0.1, 0.15) is 11.4 Å². The van der Waals surface area contributed by atoms with E-state index in [1.807, 2.05) is 27.7 Å². The molecule has 0 aromatic heterocycles. The summed E-state index contributed by atoms with van der Waals surface area (Å²) >= 11 is 0. The molecule has 1 rings (SSSR count). The van der Waals surface area contributed by atoms with Crippen molar-refractivity contribution in [2.45, 2.75) is 52.3 Å². The maximum absolute atomic E-state index is 13.5. The highest BCUT2D eigenvalue weighted by atomic mass is 19.1. The molecule has 5 heteroatoms. The summed E-state index contributed by atoms with van der Waals surface area (Å²) in [6, 6.07) is 6.73. The quantitative estimate of drug-likeness (QED) is 0.847. The third-order valence-corrected chi connectivity index (χ3v) is 2.92. The Morgan fingerprint density at radius 3 is 2.57 bits per heavy atom. The van der Waals surface area contributed by atoms with Crippen LogP contribution in [0.25, 0.3) is 0 Å². The summed E-state index contributed by atoms with van der Waals surface area (Å²) in [7, 11) is 0. The molecule has 0 bridgehead atoms. The molecule has 118 valence electrons. The monoisotopic (exact) mass is 296 g/mol. The number of carbonyl (C=O) groups excluding carboxylic acids is 1. The lowest BCUT2D eigenvalue weighted by Crippen LogP contribution is -2.42. The molecule has 1 unspecified atom stereocenters. The molecule has 0 saturated heterocycles. The lowest BCUT2D eigenvalue weighted by molar-refractivity contribution is 0.0522. The van der Waals surface area contributed by atoms with E-state index in [4.69, 9.17) is 4.74 Å². The predicted octanol–water partition coefficient (Wildman–Crippen LogP) is 3.22. The largest absolute Gasteiger partial charge is 0.444 e. The van der Waals surface area contributed by atoms with Gasteiger partial charge in [-0.25, -0.2) is 9.18 Å². The van der Waals surface area contributed by atoms with E-state index in [1.54, 1.807) is 18.2 Å². The fraction of sp³-hybridized carbons (Fsp3) is 0.562. The van der Waals surface area contributed by atoms with E-state index < -0.39 is 11.7 Å². The zero-order chi connectivity index (χ0) is 15.9. The molecule has 0 fully saturated rings. The Hall–Kier alpha value is -1.62. The van der Waals surface area contributed by atoms with Gasteiger partial charge in [-0.05, 0) is 33.3 Å². The van der Waals surface area contributed by atoms with Gasteiger partial charge in [-0.1, -0.05) is 25.1 Å². The van der Waals surface area contributed by atoms with Crippen LogP contribution in [0.5, 0.6) is 0 Å². The van der Waals surface area contributed by atoms with Gasteiger partial charge < -0.3 is 15.4 Å². The van der Waals surface area contributed by atoms with Crippen molar-refractivity contribution in [1.82, 2.24) is 10.6 Å². The molecule has 21 heavy (non-hydrogen) atoms. The standard InChI is InChI=1S/C16H25FN2O2/c1-5-13(11-19-15(20)21-16(2,3)4)18-10-12-8-6-7-9-14(12)17/h6-9,13,18H,5,10-11H2,1-4H3,(H,19,20). The Balaban J connectivity index is 2.39. The number of benzene rings is 1. The van der Waals surface area contributed by atoms with Crippen LogP contribution in [-0.2, 0) is 11.3 Å². The number of halogens is 1. The van der Waals surface area contributed by atoms with Crippen molar-refractivity contribution >= 4 is 6.09 Å². The Bertz CT molecular complexity index is 458. The Kier molecular flexibility index (Phi) is 6.62. The molecule has 0 aliphatic rings. The van der Waals surface area contributed by atoms with E-state index in [9.17, 15) is 9.18 Å². The molecule has 0 radical (unpaired) electrons. The first kappa shape index (κ1) is 17.4. The third kappa shape index (κ3) is 7.09. The van der Waals surface area contributed by atoms with Crippen molar-refractivity contribution in [3.63, 3.8) is 0 Å². The highest BCUT2D eigenvalue weighted by Gasteiger charge is 2.17. The van der Waals surface area contributed by atoms with Crippen molar-refractivity contribution < 1.29 is 13.9 Å². The van der Waals surface area contributed by atoms with Crippen LogP contribution in [0.15, 0.2) is 24.3 Å². The first-order valence-corrected chi connectivity index (χ1v) is 7.25. The van der Waals surface area contributed by atoms with Crippen LogP contribution in [0.3, 0.4) is 0 Å². The summed E-state index contributed by atoms with van der Waals surface area (Å²) in [6.45, 7) is 8.35. The van der Waals surface area contributed by atoms with E-state index in [2.05, 4.69) is 10.6 Å². The first-order chi connectivity index (χ1) is 9.81. The molecular formula is C16H25FN2O2. The summed E-state index contributed by atoms with van der Waals surface area (Å²) in [6.07, 6.45) is 0.387. The summed E-state index contributed by atoms with van der Waals surface area (Å²) in [5.41, 5.74) is 0.111. The molecule has 0 spiro atoms. The second-order valence-electron chi connectivity index (χ2n) is 5.96. The van der Waals surface area contributed by atoms with Gasteiger partial charge in [-0.2, -0.15) is 0 Å². The van der Waals surface area contributed by atoms with E-state index >= 15 is 0 Å². The molecule has 0 saturated carbocycles. The van der Waals surface area contributed by atoms with Crippen molar-refractivity contribution in [1.29, 1.82) is 0 Å². The minimum absolute atomic E-state index is 0.0668. The van der Waals surface area contributed by atoms with Crippen LogP contribution in [0.4, 0.5) is 9.18 Å². The fourth-order valence-corrected chi connectivity index (χ4v) is 1.78. The number of hydrogen-bond donors (Lipinski definition) is 2. The Morgan fingerprint density at radius 1 is 1.33 bits per heavy atom. The van der Waals surface area contributed by atoms with Crippen LogP contribution in [0.2, 0.25) is 0 Å². The maximum Gasteiger partial charge on any atom is 0.407 e. The molecule has 1 aromatic carbocycles. The van der Waals surface area contributed by atoms with Gasteiger partial charge in [-0.3, -0.25) is 0 Å². The first-order valence-electron chi connectivity index (χ1n) is 7.25. The number of ether oxygens (including phenoxy) is 1. The van der Waals surface area contributed by atoms with E-state index in [1.165, 1.54) is 6.07 Å². The van der Waals surface area contributed by atoms with E-state index in [-0.39, 0.29) is 11.9 Å². The molecule has 4 nitrogen and oxygen atoms in total. The van der Waals surface area contributed by atoms with Crippen LogP contribution in [-0.4, -0.2) is 24.3 Å². The van der Waals surface area contributed by atoms with Gasteiger partial charge in [0.15, 0.2) is 0 Å². The highest BCUT2D eigenvalue weighted by molar-refractivity contribution is 5.67. The zero-order valence-corrected chi connectivity index (χ0v) is 13.2. The average Bonchev–Trinajstić information content (AvgIpc) is 2.38. The number of alkyl carbamates (subject to hydrolysis) is 1. The van der Waals surface area contributed by atoms with E-state index in [0.29, 0.717) is 18.7 Å². The summed E-state index contributed by atoms with van der Waals surface area (Å²) in [5, 5.41) is 5.96. The van der Waals surface area contributed by atoms with Gasteiger partial charge >= 0.3 is 6.09 Å². The minimum atomic E-state index is -0.508. The van der Waals surface area contributed by atoms with Crippen molar-refractivity contribution in [3.05, 3.63) is 35.6 Å². The zero-order valence-electron chi connectivity index (χ0n) is 13.2. The van der Waals surface area contributed by atoms with Crippen molar-refractivity contribution in [2.75, 3.05) is 6.54 Å². The molecule has 1 amide bonds. The van der Waals surface area contributed by atoms with Crippen LogP contribution in [0, 0.1) is 5.82 Å². The van der Waals surface area contributed by atoms with Gasteiger partial charge in [0.05, 0.1) is 0 Å². The van der Waals surface area contributed by atoms with E-state index in [0.717, 1.165) is 6.42 Å². The minimum Gasteiger partial charge on any atom is -0.444 e. The number of nitrogens with one attached hydrogen (secondary N) is 2. The number of amides is 1. The van der Waals surface area contributed by atoms with Crippen molar-refractivity contribution in [2.24, 2.45) is 0 Å². The summed E-state index contributed by atoms with van der Waals surface area (Å²) in [4.78, 5) is 11.6. The number of hydrogen-bond acceptors (Lipinski definition) is 3. The predicted molar refractivity (Wildman–Crippen MR) is 81.6 cm³/mol. The molecule has 0 heterocycles. The van der Waals surface area contributed by atoms with Crippen LogP contribution < -0.4 is 10.6 Å². The average molecular weight is 296 g/mol. The molecule has 2 N–H and O–H groups in total. The summed E-state index contributed by atoms with van der Waals surface area (Å²) in [5.74, 6) is -0.222. The number of rotatable bonds is 6. The third-order valence-electron chi connectivity index (χ3n) is 2.92. The number of carbonyl (C=O) groups is 1. The van der Waals surface area contributed by atoms with Crippen LogP contribution in [0.1, 0.15) is 39.7 Å². The maximum atomic E-state index is 13.5. The van der Waals surface area contributed by atoms with Gasteiger partial charge in [0, 0.05) is 24.7 Å². The summed E-state index contributed by atoms with van der Waals surface area (Å²) < 4.78 is 18.7. The molecule has 0 aliphatic heterocycles. The highest BCUT2D eigenvalue weighted by Crippen LogP contribution is 2.07. The Labute approximate surface area is 126 Å². The normalized spacial score (nSPS) is 12.8. The molecule has 1 aromatic rings. The SMILES string of the molecule is CCC(CNC(=O)OC(C)(C)C)NCc1ccccc1F. The van der Waals surface area contributed by atoms with Gasteiger partial charge in [-0.15, -0.1) is 0 Å². The molecule has 1 atom stereocenters. The second-order valence-corrected chi connectivity index (χ2v) is 5.96. The molecule has 0 aliphatic carbocycles. The van der Waals surface area contributed by atoms with Crippen molar-refractivity contribution in [3.8, 4) is 0 Å². The topological polar surface area (TPSA) is 50.4 Å². The van der Waals surface area contributed by atoms with Gasteiger partial charge in [0.25, 0.3) is 0 Å². The lowest BCUT2D eigenvalue weighted by Gasteiger charge is -2.22. The Morgan fingerprint density at radius 2 is 2.00 bits per heavy atom. The second kappa shape index (κ2) is 7.98.